The Kier molecular flexibility index (Phi) is 7.00. The summed E-state index contributed by atoms with van der Waals surface area (Å²) in [6, 6.07) is 6.65. The van der Waals surface area contributed by atoms with Gasteiger partial charge in [0.1, 0.15) is 0 Å². The van der Waals surface area contributed by atoms with Crippen LogP contribution in [-0.2, 0) is 14.3 Å². The molecule has 0 aliphatic carbocycles. The van der Waals surface area contributed by atoms with Crippen LogP contribution in [0.4, 0.5) is 5.69 Å². The molecule has 1 atom stereocenters. The lowest BCUT2D eigenvalue weighted by Gasteiger charge is -2.11. The van der Waals surface area contributed by atoms with Gasteiger partial charge in [-0.2, -0.15) is 0 Å². The lowest BCUT2D eigenvalue weighted by Crippen LogP contribution is -2.16. The van der Waals surface area contributed by atoms with Crippen molar-refractivity contribution in [2.45, 2.75) is 19.4 Å². The molecule has 5 nitrogen and oxygen atoms in total. The van der Waals surface area contributed by atoms with Gasteiger partial charge in [0.05, 0.1) is 13.5 Å². The minimum atomic E-state index is -0.395. The van der Waals surface area contributed by atoms with Crippen LogP contribution in [0.1, 0.15) is 24.9 Å². The zero-order valence-corrected chi connectivity index (χ0v) is 11.1. The first kappa shape index (κ1) is 16.4. The molecule has 1 amide bonds. The first-order valence-corrected chi connectivity index (χ1v) is 5.23. The van der Waals surface area contributed by atoms with Crippen LogP contribution < -0.4 is 11.1 Å². The SMILES string of the molecule is COC(=O)C[C@H](N)c1ccc(NC(C)=O)cc1.Cl. The predicted octanol–water partition coefficient (Wildman–Crippen LogP) is 1.63. The number of ether oxygens (including phenoxy) is 1. The number of anilines is 1. The third-order valence-corrected chi connectivity index (χ3v) is 2.27. The van der Waals surface area contributed by atoms with Gasteiger partial charge in [-0.15, -0.1) is 12.4 Å². The summed E-state index contributed by atoms with van der Waals surface area (Å²) < 4.78 is 4.54. The van der Waals surface area contributed by atoms with Gasteiger partial charge in [0.15, 0.2) is 0 Å². The van der Waals surface area contributed by atoms with E-state index in [1.54, 1.807) is 24.3 Å². The van der Waals surface area contributed by atoms with Gasteiger partial charge in [0, 0.05) is 18.7 Å². The molecule has 0 radical (unpaired) electrons. The van der Waals surface area contributed by atoms with Crippen LogP contribution in [0.25, 0.3) is 0 Å². The van der Waals surface area contributed by atoms with E-state index in [4.69, 9.17) is 5.73 Å². The monoisotopic (exact) mass is 272 g/mol. The Hall–Kier alpha value is -1.59. The van der Waals surface area contributed by atoms with Crippen molar-refractivity contribution >= 4 is 30.0 Å². The minimum absolute atomic E-state index is 0. The van der Waals surface area contributed by atoms with Crippen molar-refractivity contribution in [1.29, 1.82) is 0 Å². The second-order valence-corrected chi connectivity index (χ2v) is 3.69. The van der Waals surface area contributed by atoms with Crippen molar-refractivity contribution in [1.82, 2.24) is 0 Å². The second-order valence-electron chi connectivity index (χ2n) is 3.69. The molecule has 0 saturated carbocycles. The van der Waals surface area contributed by atoms with Crippen LogP contribution in [0.2, 0.25) is 0 Å². The number of benzene rings is 1. The van der Waals surface area contributed by atoms with E-state index in [0.717, 1.165) is 5.56 Å². The summed E-state index contributed by atoms with van der Waals surface area (Å²) in [5.74, 6) is -0.472. The van der Waals surface area contributed by atoms with E-state index in [9.17, 15) is 9.59 Å². The predicted molar refractivity (Wildman–Crippen MR) is 71.6 cm³/mol. The molecule has 0 aromatic heterocycles. The highest BCUT2D eigenvalue weighted by atomic mass is 35.5. The molecule has 0 saturated heterocycles. The molecule has 100 valence electrons. The van der Waals surface area contributed by atoms with E-state index in [2.05, 4.69) is 10.1 Å². The van der Waals surface area contributed by atoms with Gasteiger partial charge in [-0.1, -0.05) is 12.1 Å². The smallest absolute Gasteiger partial charge is 0.307 e. The van der Waals surface area contributed by atoms with Gasteiger partial charge in [0.2, 0.25) is 5.91 Å². The molecule has 1 aromatic carbocycles. The summed E-state index contributed by atoms with van der Waals surface area (Å²) in [5.41, 5.74) is 7.36. The second kappa shape index (κ2) is 7.68. The van der Waals surface area contributed by atoms with Gasteiger partial charge < -0.3 is 15.8 Å². The number of hydrogen-bond acceptors (Lipinski definition) is 4. The third kappa shape index (κ3) is 5.16. The normalized spacial score (nSPS) is 11.1. The van der Waals surface area contributed by atoms with Crippen LogP contribution in [0, 0.1) is 0 Å². The third-order valence-electron chi connectivity index (χ3n) is 2.27. The number of carbonyl (C=O) groups is 2. The molecule has 0 aliphatic heterocycles. The fourth-order valence-electron chi connectivity index (χ4n) is 1.40. The highest BCUT2D eigenvalue weighted by Crippen LogP contribution is 2.17. The van der Waals surface area contributed by atoms with Crippen LogP contribution in [-0.4, -0.2) is 19.0 Å². The Bertz CT molecular complexity index is 406. The van der Waals surface area contributed by atoms with Crippen molar-refractivity contribution in [3.05, 3.63) is 29.8 Å². The zero-order chi connectivity index (χ0) is 12.8. The number of hydrogen-bond donors (Lipinski definition) is 2. The lowest BCUT2D eigenvalue weighted by molar-refractivity contribution is -0.141. The number of esters is 1. The molecule has 0 aliphatic rings. The number of amides is 1. The number of methoxy groups -OCH3 is 1. The van der Waals surface area contributed by atoms with Crippen molar-refractivity contribution in [3.8, 4) is 0 Å². The molecule has 0 unspecified atom stereocenters. The van der Waals surface area contributed by atoms with Crippen LogP contribution in [0.15, 0.2) is 24.3 Å². The van der Waals surface area contributed by atoms with Crippen molar-refractivity contribution in [3.63, 3.8) is 0 Å². The average Bonchev–Trinajstić information content (AvgIpc) is 2.28. The van der Waals surface area contributed by atoms with E-state index in [0.29, 0.717) is 5.69 Å². The van der Waals surface area contributed by atoms with Crippen molar-refractivity contribution in [2.75, 3.05) is 12.4 Å². The van der Waals surface area contributed by atoms with Crippen molar-refractivity contribution in [2.24, 2.45) is 5.73 Å². The standard InChI is InChI=1S/C12H16N2O3.ClH/c1-8(15)14-10-5-3-9(4-6-10)11(13)7-12(16)17-2;/h3-6,11H,7,13H2,1-2H3,(H,14,15);1H/t11-;/m0./s1. The van der Waals surface area contributed by atoms with Gasteiger partial charge in [-0.3, -0.25) is 9.59 Å². The van der Waals surface area contributed by atoms with Gasteiger partial charge in [0.25, 0.3) is 0 Å². The molecule has 18 heavy (non-hydrogen) atoms. The summed E-state index contributed by atoms with van der Waals surface area (Å²) in [7, 11) is 1.33. The summed E-state index contributed by atoms with van der Waals surface area (Å²) in [4.78, 5) is 21.9. The van der Waals surface area contributed by atoms with Crippen LogP contribution >= 0.6 is 12.4 Å². The largest absolute Gasteiger partial charge is 0.469 e. The number of carbonyl (C=O) groups excluding carboxylic acids is 2. The molecular weight excluding hydrogens is 256 g/mol. The minimum Gasteiger partial charge on any atom is -0.469 e. The molecule has 0 bridgehead atoms. The molecule has 0 fully saturated rings. The highest BCUT2D eigenvalue weighted by molar-refractivity contribution is 5.88. The Balaban J connectivity index is 0.00000289. The molecule has 1 aromatic rings. The maximum absolute atomic E-state index is 11.0. The Morgan fingerprint density at radius 2 is 1.89 bits per heavy atom. The quantitative estimate of drug-likeness (QED) is 0.816. The lowest BCUT2D eigenvalue weighted by atomic mass is 10.0. The maximum Gasteiger partial charge on any atom is 0.307 e. The zero-order valence-electron chi connectivity index (χ0n) is 10.3. The molecule has 6 heteroatoms. The van der Waals surface area contributed by atoms with Gasteiger partial charge >= 0.3 is 5.97 Å². The van der Waals surface area contributed by atoms with E-state index in [1.165, 1.54) is 14.0 Å². The summed E-state index contributed by atoms with van der Waals surface area (Å²) in [6.45, 7) is 1.44. The summed E-state index contributed by atoms with van der Waals surface area (Å²) >= 11 is 0. The molecular formula is C12H17ClN2O3. The first-order chi connectivity index (χ1) is 8.02. The Labute approximate surface area is 112 Å². The van der Waals surface area contributed by atoms with Gasteiger partial charge in [-0.05, 0) is 17.7 Å². The maximum atomic E-state index is 11.0. The summed E-state index contributed by atoms with van der Waals surface area (Å²) in [6.07, 6.45) is 0.135. The number of nitrogens with one attached hydrogen (secondary N) is 1. The van der Waals surface area contributed by atoms with E-state index in [1.807, 2.05) is 0 Å². The van der Waals surface area contributed by atoms with E-state index < -0.39 is 6.04 Å². The van der Waals surface area contributed by atoms with E-state index in [-0.39, 0.29) is 30.7 Å². The first-order valence-electron chi connectivity index (χ1n) is 5.23. The number of rotatable bonds is 4. The topological polar surface area (TPSA) is 81.4 Å². The van der Waals surface area contributed by atoms with Crippen molar-refractivity contribution < 1.29 is 14.3 Å². The number of nitrogens with two attached hydrogens (primary N) is 1. The average molecular weight is 273 g/mol. The summed E-state index contributed by atoms with van der Waals surface area (Å²) in [5, 5.41) is 2.65. The number of halogens is 1. The Morgan fingerprint density at radius 1 is 1.33 bits per heavy atom. The van der Waals surface area contributed by atoms with Crippen LogP contribution in [0.5, 0.6) is 0 Å². The molecule has 1 rings (SSSR count). The van der Waals surface area contributed by atoms with Gasteiger partial charge in [-0.25, -0.2) is 0 Å². The van der Waals surface area contributed by atoms with E-state index >= 15 is 0 Å². The Morgan fingerprint density at radius 3 is 2.33 bits per heavy atom. The molecule has 3 N–H and O–H groups in total. The van der Waals surface area contributed by atoms with Crippen LogP contribution in [0.3, 0.4) is 0 Å². The fraction of sp³-hybridized carbons (Fsp3) is 0.333. The molecule has 0 spiro atoms. The highest BCUT2D eigenvalue weighted by Gasteiger charge is 2.11. The fourth-order valence-corrected chi connectivity index (χ4v) is 1.40. The molecule has 0 heterocycles.